The third-order valence-electron chi connectivity index (χ3n) is 5.18. The lowest BCUT2D eigenvalue weighted by molar-refractivity contribution is -0.114. The number of nitrogens with zero attached hydrogens (tertiary/aromatic N) is 2. The van der Waals surface area contributed by atoms with Crippen molar-refractivity contribution in [2.24, 2.45) is 0 Å². The van der Waals surface area contributed by atoms with Gasteiger partial charge in [0.25, 0.3) is 0 Å². The predicted molar refractivity (Wildman–Crippen MR) is 105 cm³/mol. The number of benzene rings is 1. The third kappa shape index (κ3) is 4.11. The van der Waals surface area contributed by atoms with Crippen LogP contribution in [0.2, 0.25) is 5.02 Å². The second kappa shape index (κ2) is 8.26. The molecular weight excluding hydrogens is 406 g/mol. The summed E-state index contributed by atoms with van der Waals surface area (Å²) in [6.45, 7) is 4.39. The fraction of sp³-hybridized carbons (Fsp3) is 0.556. The van der Waals surface area contributed by atoms with Crippen molar-refractivity contribution in [2.75, 3.05) is 25.0 Å². The van der Waals surface area contributed by atoms with E-state index in [1.165, 1.54) is 29.4 Å². The van der Waals surface area contributed by atoms with Crippen LogP contribution in [0.3, 0.4) is 0 Å². The Labute approximate surface area is 169 Å². The molecule has 2 aliphatic rings. The molecule has 1 aromatic rings. The van der Waals surface area contributed by atoms with E-state index < -0.39 is 10.0 Å². The van der Waals surface area contributed by atoms with E-state index in [2.05, 4.69) is 5.32 Å². The average molecular weight is 430 g/mol. The van der Waals surface area contributed by atoms with Gasteiger partial charge in [0.1, 0.15) is 6.61 Å². The van der Waals surface area contributed by atoms with Crippen LogP contribution in [0.4, 0.5) is 10.5 Å². The SMILES string of the molecule is CCC1COC(=O)N1C1CCN(S(=O)(=O)c2ccc(NC(C)=O)c(Cl)c2)CC1. The molecule has 1 unspecified atom stereocenters. The molecule has 28 heavy (non-hydrogen) atoms. The standard InChI is InChI=1S/C18H24ClN3O5S/c1-3-13-11-27-18(24)22(13)14-6-8-21(9-7-14)28(25,26)15-4-5-17(16(19)10-15)20-12(2)23/h4-5,10,13-14H,3,6-9,11H2,1-2H3,(H,20,23). The van der Waals surface area contributed by atoms with Gasteiger partial charge in [0.05, 0.1) is 21.6 Å². The van der Waals surface area contributed by atoms with Crippen molar-refractivity contribution in [3.05, 3.63) is 23.2 Å². The molecule has 2 fully saturated rings. The van der Waals surface area contributed by atoms with E-state index >= 15 is 0 Å². The van der Waals surface area contributed by atoms with Crippen molar-refractivity contribution < 1.29 is 22.7 Å². The van der Waals surface area contributed by atoms with Crippen molar-refractivity contribution in [2.45, 2.75) is 50.1 Å². The van der Waals surface area contributed by atoms with Crippen LogP contribution in [-0.2, 0) is 19.6 Å². The summed E-state index contributed by atoms with van der Waals surface area (Å²) in [6.07, 6.45) is 1.61. The van der Waals surface area contributed by atoms with E-state index in [0.29, 0.717) is 38.2 Å². The molecule has 8 nitrogen and oxygen atoms in total. The van der Waals surface area contributed by atoms with E-state index in [-0.39, 0.29) is 34.0 Å². The van der Waals surface area contributed by atoms with Gasteiger partial charge < -0.3 is 10.1 Å². The van der Waals surface area contributed by atoms with Gasteiger partial charge in [-0.05, 0) is 37.5 Å². The largest absolute Gasteiger partial charge is 0.447 e. The maximum absolute atomic E-state index is 13.0. The number of cyclic esters (lactones) is 1. The van der Waals surface area contributed by atoms with Crippen molar-refractivity contribution in [3.8, 4) is 0 Å². The number of nitrogens with one attached hydrogen (secondary N) is 1. The van der Waals surface area contributed by atoms with Crippen molar-refractivity contribution in [3.63, 3.8) is 0 Å². The fourth-order valence-corrected chi connectivity index (χ4v) is 5.48. The summed E-state index contributed by atoms with van der Waals surface area (Å²) in [4.78, 5) is 25.0. The minimum atomic E-state index is -3.71. The van der Waals surface area contributed by atoms with Crippen molar-refractivity contribution >= 4 is 39.3 Å². The van der Waals surface area contributed by atoms with Gasteiger partial charge in [-0.15, -0.1) is 0 Å². The van der Waals surface area contributed by atoms with Gasteiger partial charge in [-0.2, -0.15) is 4.31 Å². The van der Waals surface area contributed by atoms with Crippen LogP contribution in [-0.4, -0.2) is 61.4 Å². The monoisotopic (exact) mass is 429 g/mol. The van der Waals surface area contributed by atoms with Gasteiger partial charge in [-0.25, -0.2) is 13.2 Å². The lowest BCUT2D eigenvalue weighted by Gasteiger charge is -2.37. The molecule has 1 aromatic carbocycles. The molecule has 3 rings (SSSR count). The van der Waals surface area contributed by atoms with E-state index in [4.69, 9.17) is 16.3 Å². The molecular formula is C18H24ClN3O5S. The molecule has 0 bridgehead atoms. The topological polar surface area (TPSA) is 96.0 Å². The molecule has 2 aliphatic heterocycles. The Balaban J connectivity index is 1.70. The van der Waals surface area contributed by atoms with Crippen LogP contribution in [0.25, 0.3) is 0 Å². The molecule has 2 saturated heterocycles. The lowest BCUT2D eigenvalue weighted by Crippen LogP contribution is -2.49. The normalized spacial score (nSPS) is 21.6. The number of carbonyl (C=O) groups is 2. The van der Waals surface area contributed by atoms with Crippen LogP contribution in [0.15, 0.2) is 23.1 Å². The van der Waals surface area contributed by atoms with Crippen LogP contribution < -0.4 is 5.32 Å². The van der Waals surface area contributed by atoms with Crippen molar-refractivity contribution in [1.29, 1.82) is 0 Å². The molecule has 10 heteroatoms. The maximum Gasteiger partial charge on any atom is 0.410 e. The minimum Gasteiger partial charge on any atom is -0.447 e. The Bertz CT molecular complexity index is 868. The lowest BCUT2D eigenvalue weighted by atomic mass is 10.0. The minimum absolute atomic E-state index is 0.0165. The number of carbonyl (C=O) groups excluding carboxylic acids is 2. The third-order valence-corrected chi connectivity index (χ3v) is 7.39. The van der Waals surface area contributed by atoms with Gasteiger partial charge >= 0.3 is 6.09 Å². The van der Waals surface area contributed by atoms with Gasteiger partial charge in [-0.3, -0.25) is 9.69 Å². The predicted octanol–water partition coefficient (Wildman–Crippen LogP) is 2.68. The van der Waals surface area contributed by atoms with E-state index in [1.54, 1.807) is 4.90 Å². The first kappa shape index (κ1) is 20.9. The molecule has 1 atom stereocenters. The van der Waals surface area contributed by atoms with E-state index in [1.807, 2.05) is 6.92 Å². The highest BCUT2D eigenvalue weighted by Gasteiger charge is 2.40. The molecule has 0 aliphatic carbocycles. The van der Waals surface area contributed by atoms with Gasteiger partial charge in [0, 0.05) is 26.1 Å². The van der Waals surface area contributed by atoms with Crippen molar-refractivity contribution in [1.82, 2.24) is 9.21 Å². The summed E-state index contributed by atoms with van der Waals surface area (Å²) < 4.78 is 32.5. The van der Waals surface area contributed by atoms with Gasteiger partial charge in [-0.1, -0.05) is 18.5 Å². The molecule has 0 aromatic heterocycles. The highest BCUT2D eigenvalue weighted by Crippen LogP contribution is 2.30. The highest BCUT2D eigenvalue weighted by atomic mass is 35.5. The number of anilines is 1. The first-order valence-electron chi connectivity index (χ1n) is 9.26. The summed E-state index contributed by atoms with van der Waals surface area (Å²) in [7, 11) is -3.71. The number of hydrogen-bond donors (Lipinski definition) is 1. The number of piperidine rings is 1. The molecule has 2 amide bonds. The van der Waals surface area contributed by atoms with Crippen LogP contribution in [0, 0.1) is 0 Å². The number of rotatable bonds is 5. The quantitative estimate of drug-likeness (QED) is 0.776. The first-order valence-corrected chi connectivity index (χ1v) is 11.1. The Morgan fingerprint density at radius 3 is 2.57 bits per heavy atom. The second-order valence-electron chi connectivity index (χ2n) is 7.00. The summed E-state index contributed by atoms with van der Waals surface area (Å²) in [5.74, 6) is -0.287. The van der Waals surface area contributed by atoms with E-state index in [9.17, 15) is 18.0 Å². The first-order chi connectivity index (χ1) is 13.2. The molecule has 0 spiro atoms. The number of ether oxygens (including phenoxy) is 1. The molecule has 0 saturated carbocycles. The number of hydrogen-bond acceptors (Lipinski definition) is 5. The number of amides is 2. The molecule has 2 heterocycles. The van der Waals surface area contributed by atoms with Gasteiger partial charge in [0.15, 0.2) is 0 Å². The highest BCUT2D eigenvalue weighted by molar-refractivity contribution is 7.89. The number of sulfonamides is 1. The average Bonchev–Trinajstić information content (AvgIpc) is 3.03. The maximum atomic E-state index is 13.0. The summed E-state index contributed by atoms with van der Waals surface area (Å²) in [6, 6.07) is 4.30. The van der Waals surface area contributed by atoms with Crippen LogP contribution in [0.1, 0.15) is 33.1 Å². The zero-order chi connectivity index (χ0) is 20.5. The number of halogens is 1. The van der Waals surface area contributed by atoms with Crippen LogP contribution in [0.5, 0.6) is 0 Å². The zero-order valence-electron chi connectivity index (χ0n) is 15.9. The summed E-state index contributed by atoms with van der Waals surface area (Å²) in [5.41, 5.74) is 0.366. The fourth-order valence-electron chi connectivity index (χ4n) is 3.69. The molecule has 0 radical (unpaired) electrons. The summed E-state index contributed by atoms with van der Waals surface area (Å²) >= 11 is 6.12. The summed E-state index contributed by atoms with van der Waals surface area (Å²) in [5, 5.41) is 2.72. The Morgan fingerprint density at radius 1 is 1.32 bits per heavy atom. The smallest absolute Gasteiger partial charge is 0.410 e. The second-order valence-corrected chi connectivity index (χ2v) is 9.35. The molecule has 154 valence electrons. The van der Waals surface area contributed by atoms with Gasteiger partial charge in [0.2, 0.25) is 15.9 Å². The zero-order valence-corrected chi connectivity index (χ0v) is 17.4. The molecule has 1 N–H and O–H groups in total. The Kier molecular flexibility index (Phi) is 6.16. The Morgan fingerprint density at radius 2 is 2.00 bits per heavy atom. The van der Waals surface area contributed by atoms with E-state index in [0.717, 1.165) is 6.42 Å². The Hall–Kier alpha value is -1.84. The van der Waals surface area contributed by atoms with Crippen LogP contribution >= 0.6 is 11.6 Å².